The van der Waals surface area contributed by atoms with Crippen molar-refractivity contribution in [1.29, 1.82) is 0 Å². The van der Waals surface area contributed by atoms with Crippen LogP contribution in [0.25, 0.3) is 0 Å². The highest BCUT2D eigenvalue weighted by Gasteiger charge is 2.20. The molecule has 0 atom stereocenters. The van der Waals surface area contributed by atoms with Crippen LogP contribution in [0, 0.1) is 13.8 Å². The maximum Gasteiger partial charge on any atom is 0.193 e. The molecule has 1 nitrogen and oxygen atoms in total. The van der Waals surface area contributed by atoms with Crippen LogP contribution >= 0.6 is 0 Å². The average Bonchev–Trinajstić information content (AvgIpc) is 2.60. The van der Waals surface area contributed by atoms with E-state index in [4.69, 9.17) is 0 Å². The van der Waals surface area contributed by atoms with E-state index in [-0.39, 0.29) is 5.78 Å². The summed E-state index contributed by atoms with van der Waals surface area (Å²) in [7, 11) is 0. The lowest BCUT2D eigenvalue weighted by molar-refractivity contribution is 0.103. The van der Waals surface area contributed by atoms with Gasteiger partial charge in [0.15, 0.2) is 5.78 Å². The lowest BCUT2D eigenvalue weighted by Gasteiger charge is -2.07. The number of carbonyl (C=O) groups excluding carboxylic acids is 1. The van der Waals surface area contributed by atoms with Gasteiger partial charge in [-0.2, -0.15) is 0 Å². The van der Waals surface area contributed by atoms with Gasteiger partial charge in [-0.25, -0.2) is 0 Å². The Morgan fingerprint density at radius 1 is 0.750 bits per heavy atom. The molecule has 1 heteroatoms. The summed E-state index contributed by atoms with van der Waals surface area (Å²) in [5.41, 5.74) is 6.44. The third kappa shape index (κ3) is 2.67. The van der Waals surface area contributed by atoms with Crippen molar-refractivity contribution in [1.82, 2.24) is 0 Å². The van der Waals surface area contributed by atoms with E-state index in [1.807, 2.05) is 39.8 Å². The minimum atomic E-state index is 0.185. The minimum Gasteiger partial charge on any atom is -0.289 e. The molecule has 0 aliphatic heterocycles. The van der Waals surface area contributed by atoms with E-state index in [0.29, 0.717) is 0 Å². The van der Waals surface area contributed by atoms with Gasteiger partial charge in [0.05, 0.1) is 0 Å². The summed E-state index contributed by atoms with van der Waals surface area (Å²) in [6.07, 6.45) is 1.91. The molecular formula is C19H22O. The van der Waals surface area contributed by atoms with Crippen LogP contribution in [0.2, 0.25) is 0 Å². The second-order valence-corrected chi connectivity index (χ2v) is 5.15. The zero-order valence-corrected chi connectivity index (χ0v) is 12.8. The molecule has 0 saturated carbocycles. The van der Waals surface area contributed by atoms with E-state index in [1.54, 1.807) is 0 Å². The number of ketones is 1. The van der Waals surface area contributed by atoms with Crippen LogP contribution in [0.4, 0.5) is 0 Å². The van der Waals surface area contributed by atoms with Gasteiger partial charge in [0.2, 0.25) is 0 Å². The Morgan fingerprint density at radius 3 is 1.55 bits per heavy atom. The Kier molecular flexibility index (Phi) is 4.39. The van der Waals surface area contributed by atoms with Crippen LogP contribution < -0.4 is 0 Å². The molecule has 0 heterocycles. The number of aryl methyl sites for hydroxylation is 4. The van der Waals surface area contributed by atoms with Gasteiger partial charge >= 0.3 is 0 Å². The van der Waals surface area contributed by atoms with Crippen molar-refractivity contribution in [3.8, 4) is 0 Å². The SMILES string of the molecule is CC.Cc1ccc2c(c1)C(=O)c1cc(C)ccc1CC2. The molecule has 0 amide bonds. The molecule has 0 spiro atoms. The lowest BCUT2D eigenvalue weighted by atomic mass is 9.96. The molecule has 1 aliphatic rings. The van der Waals surface area contributed by atoms with Crippen molar-refractivity contribution in [3.05, 3.63) is 69.8 Å². The van der Waals surface area contributed by atoms with Gasteiger partial charge in [0.1, 0.15) is 0 Å². The molecule has 0 saturated heterocycles. The number of fused-ring (bicyclic) bond motifs is 2. The Bertz CT molecular complexity index is 583. The normalized spacial score (nSPS) is 12.7. The molecule has 0 aromatic heterocycles. The van der Waals surface area contributed by atoms with Crippen LogP contribution in [0.1, 0.15) is 52.0 Å². The van der Waals surface area contributed by atoms with Crippen molar-refractivity contribution in [2.24, 2.45) is 0 Å². The van der Waals surface area contributed by atoms with E-state index in [0.717, 1.165) is 35.1 Å². The highest BCUT2D eigenvalue weighted by atomic mass is 16.1. The summed E-state index contributed by atoms with van der Waals surface area (Å²) in [5, 5.41) is 0. The number of rotatable bonds is 0. The Morgan fingerprint density at radius 2 is 1.15 bits per heavy atom. The number of hydrogen-bond acceptors (Lipinski definition) is 1. The van der Waals surface area contributed by atoms with Crippen molar-refractivity contribution in [2.45, 2.75) is 40.5 Å². The predicted molar refractivity (Wildman–Crippen MR) is 84.5 cm³/mol. The van der Waals surface area contributed by atoms with Crippen LogP contribution in [0.15, 0.2) is 36.4 Å². The molecule has 0 unspecified atom stereocenters. The van der Waals surface area contributed by atoms with E-state index in [2.05, 4.69) is 24.3 Å². The van der Waals surface area contributed by atoms with E-state index in [9.17, 15) is 4.79 Å². The Balaban J connectivity index is 0.000000704. The Labute approximate surface area is 121 Å². The van der Waals surface area contributed by atoms with Gasteiger partial charge in [-0.1, -0.05) is 49.2 Å². The van der Waals surface area contributed by atoms with Gasteiger partial charge in [-0.15, -0.1) is 0 Å². The van der Waals surface area contributed by atoms with Crippen LogP contribution in [-0.2, 0) is 12.8 Å². The second-order valence-electron chi connectivity index (χ2n) is 5.15. The van der Waals surface area contributed by atoms with E-state index < -0.39 is 0 Å². The summed E-state index contributed by atoms with van der Waals surface area (Å²) in [4.78, 5) is 12.6. The zero-order chi connectivity index (χ0) is 14.7. The molecule has 20 heavy (non-hydrogen) atoms. The van der Waals surface area contributed by atoms with E-state index >= 15 is 0 Å². The third-order valence-electron chi connectivity index (χ3n) is 3.68. The first-order valence-electron chi connectivity index (χ1n) is 7.39. The molecular weight excluding hydrogens is 244 g/mol. The first-order valence-corrected chi connectivity index (χ1v) is 7.39. The van der Waals surface area contributed by atoms with Crippen molar-refractivity contribution >= 4 is 5.78 Å². The fraction of sp³-hybridized carbons (Fsp3) is 0.316. The summed E-state index contributed by atoms with van der Waals surface area (Å²) in [5.74, 6) is 0.185. The zero-order valence-electron chi connectivity index (χ0n) is 12.8. The lowest BCUT2D eigenvalue weighted by Crippen LogP contribution is -2.04. The first kappa shape index (κ1) is 14.5. The monoisotopic (exact) mass is 266 g/mol. The summed E-state index contributed by atoms with van der Waals surface area (Å²) in [6.45, 7) is 8.07. The number of benzene rings is 2. The minimum absolute atomic E-state index is 0.185. The molecule has 2 aromatic carbocycles. The van der Waals surface area contributed by atoms with Gasteiger partial charge in [0, 0.05) is 11.1 Å². The highest BCUT2D eigenvalue weighted by Crippen LogP contribution is 2.25. The molecule has 2 aromatic rings. The van der Waals surface area contributed by atoms with Crippen molar-refractivity contribution in [2.75, 3.05) is 0 Å². The van der Waals surface area contributed by atoms with Gasteiger partial charge in [-0.05, 0) is 49.9 Å². The Hall–Kier alpha value is -1.89. The van der Waals surface area contributed by atoms with Crippen molar-refractivity contribution < 1.29 is 4.79 Å². The average molecular weight is 266 g/mol. The molecule has 0 radical (unpaired) electrons. The summed E-state index contributed by atoms with van der Waals surface area (Å²) >= 11 is 0. The topological polar surface area (TPSA) is 17.1 Å². The number of hydrogen-bond donors (Lipinski definition) is 0. The van der Waals surface area contributed by atoms with Gasteiger partial charge < -0.3 is 0 Å². The molecule has 0 bridgehead atoms. The quantitative estimate of drug-likeness (QED) is 0.678. The highest BCUT2D eigenvalue weighted by molar-refractivity contribution is 6.11. The fourth-order valence-corrected chi connectivity index (χ4v) is 2.65. The van der Waals surface area contributed by atoms with Crippen LogP contribution in [-0.4, -0.2) is 5.78 Å². The fourth-order valence-electron chi connectivity index (χ4n) is 2.65. The standard InChI is InChI=1S/C17H16O.C2H6/c1-11-3-5-13-7-8-14-6-4-12(2)10-16(14)17(18)15(13)9-11;1-2/h3-6,9-10H,7-8H2,1-2H3;1-2H3. The molecule has 3 rings (SSSR count). The second kappa shape index (κ2) is 6.04. The first-order chi connectivity index (χ1) is 9.65. The molecule has 1 aliphatic carbocycles. The van der Waals surface area contributed by atoms with Gasteiger partial charge in [0.25, 0.3) is 0 Å². The molecule has 0 fully saturated rings. The van der Waals surface area contributed by atoms with Gasteiger partial charge in [-0.3, -0.25) is 4.79 Å². The molecule has 104 valence electrons. The predicted octanol–water partition coefficient (Wildman–Crippen LogP) is 4.66. The number of carbonyl (C=O) groups is 1. The maximum atomic E-state index is 12.6. The summed E-state index contributed by atoms with van der Waals surface area (Å²) < 4.78 is 0. The van der Waals surface area contributed by atoms with Crippen LogP contribution in [0.5, 0.6) is 0 Å². The molecule has 0 N–H and O–H groups in total. The summed E-state index contributed by atoms with van der Waals surface area (Å²) in [6, 6.07) is 12.4. The largest absolute Gasteiger partial charge is 0.289 e. The maximum absolute atomic E-state index is 12.6. The third-order valence-corrected chi connectivity index (χ3v) is 3.68. The smallest absolute Gasteiger partial charge is 0.193 e. The van der Waals surface area contributed by atoms with E-state index in [1.165, 1.54) is 11.1 Å². The van der Waals surface area contributed by atoms with Crippen LogP contribution in [0.3, 0.4) is 0 Å². The van der Waals surface area contributed by atoms with Crippen molar-refractivity contribution in [3.63, 3.8) is 0 Å².